The van der Waals surface area contributed by atoms with E-state index < -0.39 is 0 Å². The van der Waals surface area contributed by atoms with Crippen molar-refractivity contribution in [2.24, 2.45) is 0 Å². The monoisotopic (exact) mass is 752 g/mol. The quantitative estimate of drug-likeness (QED) is 0.169. The molecule has 3 heteroatoms. The molecule has 0 amide bonds. The third-order valence-electron chi connectivity index (χ3n) is 11.9. The number of benzene rings is 10. The van der Waals surface area contributed by atoms with Crippen molar-refractivity contribution in [3.8, 4) is 27.9 Å². The van der Waals surface area contributed by atoms with E-state index >= 15 is 0 Å². The van der Waals surface area contributed by atoms with Crippen molar-refractivity contribution in [2.45, 2.75) is 0 Å². The largest absolute Gasteiger partial charge is 0.453 e. The van der Waals surface area contributed by atoms with Crippen molar-refractivity contribution in [1.29, 1.82) is 0 Å². The Morgan fingerprint density at radius 1 is 0.356 bits per heavy atom. The van der Waals surface area contributed by atoms with Crippen LogP contribution < -0.4 is 4.90 Å². The van der Waals surface area contributed by atoms with E-state index in [0.29, 0.717) is 0 Å². The van der Waals surface area contributed by atoms with Gasteiger partial charge < -0.3 is 13.9 Å². The number of rotatable bonds is 6. The first-order chi connectivity index (χ1) is 29.3. The summed E-state index contributed by atoms with van der Waals surface area (Å²) in [4.78, 5) is 2.34. The van der Waals surface area contributed by atoms with E-state index in [-0.39, 0.29) is 0 Å². The molecule has 0 N–H and O–H groups in total. The molecular weight excluding hydrogens is 717 g/mol. The van der Waals surface area contributed by atoms with Crippen LogP contribution in [0.2, 0.25) is 0 Å². The molecule has 0 radical (unpaired) electrons. The highest BCUT2D eigenvalue weighted by atomic mass is 16.3. The van der Waals surface area contributed by atoms with E-state index in [1.54, 1.807) is 0 Å². The summed E-state index contributed by atoms with van der Waals surface area (Å²) < 4.78 is 9.54. The van der Waals surface area contributed by atoms with Crippen molar-refractivity contribution < 1.29 is 4.42 Å². The number of furan rings is 1. The summed E-state index contributed by atoms with van der Waals surface area (Å²) in [5, 5.41) is 9.56. The lowest BCUT2D eigenvalue weighted by Crippen LogP contribution is -2.10. The van der Waals surface area contributed by atoms with Gasteiger partial charge in [0.15, 0.2) is 5.58 Å². The molecule has 0 bridgehead atoms. The van der Waals surface area contributed by atoms with Gasteiger partial charge in [0.25, 0.3) is 0 Å². The molecule has 0 saturated carbocycles. The highest BCUT2D eigenvalue weighted by Gasteiger charge is 2.23. The van der Waals surface area contributed by atoms with Crippen molar-refractivity contribution in [3.63, 3.8) is 0 Å². The Hall–Kier alpha value is -7.88. The second kappa shape index (κ2) is 13.4. The third kappa shape index (κ3) is 5.36. The molecule has 0 aliphatic heterocycles. The molecular formula is C56H36N2O. The number of anilines is 3. The normalized spacial score (nSPS) is 11.7. The molecule has 12 rings (SSSR count). The van der Waals surface area contributed by atoms with Crippen LogP contribution in [0.25, 0.3) is 93.2 Å². The average molecular weight is 753 g/mol. The lowest BCUT2D eigenvalue weighted by Gasteiger charge is -2.26. The van der Waals surface area contributed by atoms with E-state index in [2.05, 4.69) is 228 Å². The zero-order chi connectivity index (χ0) is 38.9. The van der Waals surface area contributed by atoms with Crippen molar-refractivity contribution in [1.82, 2.24) is 4.57 Å². The summed E-state index contributed by atoms with van der Waals surface area (Å²) in [6.07, 6.45) is 0. The molecule has 0 unspecified atom stereocenters. The number of fused-ring (bicyclic) bond motifs is 9. The predicted octanol–water partition coefficient (Wildman–Crippen LogP) is 15.8. The Balaban J connectivity index is 1.06. The Morgan fingerprint density at radius 2 is 0.932 bits per heavy atom. The second-order valence-electron chi connectivity index (χ2n) is 15.3. The first kappa shape index (κ1) is 33.3. The molecule has 2 heterocycles. The molecule has 0 saturated heterocycles. The van der Waals surface area contributed by atoms with Crippen LogP contribution in [0.3, 0.4) is 0 Å². The van der Waals surface area contributed by atoms with E-state index in [4.69, 9.17) is 4.42 Å². The highest BCUT2D eigenvalue weighted by Crippen LogP contribution is 2.47. The Bertz CT molecular complexity index is 3490. The minimum absolute atomic E-state index is 0.848. The summed E-state index contributed by atoms with van der Waals surface area (Å²) in [5.41, 5.74) is 12.9. The first-order valence-corrected chi connectivity index (χ1v) is 20.2. The lowest BCUT2D eigenvalue weighted by atomic mass is 9.96. The maximum absolute atomic E-state index is 7.17. The van der Waals surface area contributed by atoms with E-state index in [9.17, 15) is 0 Å². The number of hydrogen-bond donors (Lipinski definition) is 0. The molecule has 0 aliphatic rings. The van der Waals surface area contributed by atoms with Crippen molar-refractivity contribution in [2.75, 3.05) is 4.90 Å². The van der Waals surface area contributed by atoms with Gasteiger partial charge in [-0.15, -0.1) is 0 Å². The fourth-order valence-corrected chi connectivity index (χ4v) is 9.19. The summed E-state index contributed by atoms with van der Waals surface area (Å²) in [6, 6.07) is 78.5. The van der Waals surface area contributed by atoms with Crippen LogP contribution in [0.15, 0.2) is 223 Å². The second-order valence-corrected chi connectivity index (χ2v) is 15.3. The van der Waals surface area contributed by atoms with Crippen LogP contribution in [0, 0.1) is 0 Å². The zero-order valence-corrected chi connectivity index (χ0v) is 32.1. The van der Waals surface area contributed by atoms with E-state index in [0.717, 1.165) is 55.8 Å². The molecule has 59 heavy (non-hydrogen) atoms. The van der Waals surface area contributed by atoms with Crippen LogP contribution in [0.1, 0.15) is 0 Å². The SMILES string of the molecule is c1ccc(-c2cc3ccccc3c3c2oc2c(N(c4ccc(-c5ccc6ccccc6c5)cc4)c4ccc(-n5c6ccccc6c6ccccc65)cc4)cccc23)cc1. The van der Waals surface area contributed by atoms with Crippen LogP contribution in [-0.4, -0.2) is 4.57 Å². The highest BCUT2D eigenvalue weighted by molar-refractivity contribution is 6.24. The van der Waals surface area contributed by atoms with Gasteiger partial charge in [0, 0.05) is 44.2 Å². The predicted molar refractivity (Wildman–Crippen MR) is 249 cm³/mol. The molecule has 0 fully saturated rings. The van der Waals surface area contributed by atoms with E-state index in [1.807, 2.05) is 0 Å². The van der Waals surface area contributed by atoms with E-state index in [1.165, 1.54) is 54.5 Å². The zero-order valence-electron chi connectivity index (χ0n) is 32.1. The molecule has 10 aromatic carbocycles. The van der Waals surface area contributed by atoms with Gasteiger partial charge >= 0.3 is 0 Å². The fraction of sp³-hybridized carbons (Fsp3) is 0. The molecule has 0 aliphatic carbocycles. The Labute approximate surface area is 341 Å². The molecule has 12 aromatic rings. The summed E-state index contributed by atoms with van der Waals surface area (Å²) in [6.45, 7) is 0. The van der Waals surface area contributed by atoms with Gasteiger partial charge in [-0.3, -0.25) is 0 Å². The summed E-state index contributed by atoms with van der Waals surface area (Å²) >= 11 is 0. The molecule has 3 nitrogen and oxygen atoms in total. The standard InChI is InChI=1S/C56H36N2O/c1-2-14-39(15-3-1)50-36-42-17-6-7-18-46(42)54-49-21-12-24-53(55(49)59-56(50)54)57(43-29-27-38(28-30-43)41-26-25-37-13-4-5-16-40(37)35-41)44-31-33-45(34-32-44)58-51-22-10-8-19-47(51)48-20-9-11-23-52(48)58/h1-36H. The molecule has 276 valence electrons. The van der Waals surface area contributed by atoms with Crippen LogP contribution in [0.5, 0.6) is 0 Å². The molecule has 2 aromatic heterocycles. The van der Waals surface area contributed by atoms with Gasteiger partial charge in [0.05, 0.1) is 16.7 Å². The maximum atomic E-state index is 7.17. The van der Waals surface area contributed by atoms with Gasteiger partial charge in [-0.05, 0) is 105 Å². The molecule has 0 atom stereocenters. The summed E-state index contributed by atoms with van der Waals surface area (Å²) in [5.74, 6) is 0. The fourth-order valence-electron chi connectivity index (χ4n) is 9.19. The lowest BCUT2D eigenvalue weighted by molar-refractivity contribution is 0.670. The number of hydrogen-bond acceptors (Lipinski definition) is 2. The van der Waals surface area contributed by atoms with Gasteiger partial charge in [0.2, 0.25) is 0 Å². The van der Waals surface area contributed by atoms with Gasteiger partial charge in [0.1, 0.15) is 5.58 Å². The Kier molecular flexibility index (Phi) is 7.54. The molecule has 0 spiro atoms. The average Bonchev–Trinajstić information content (AvgIpc) is 3.87. The van der Waals surface area contributed by atoms with Crippen molar-refractivity contribution >= 4 is 82.4 Å². The number of aromatic nitrogens is 1. The van der Waals surface area contributed by atoms with Crippen LogP contribution in [-0.2, 0) is 0 Å². The van der Waals surface area contributed by atoms with Gasteiger partial charge in [-0.1, -0.05) is 152 Å². The first-order valence-electron chi connectivity index (χ1n) is 20.2. The number of para-hydroxylation sites is 3. The van der Waals surface area contributed by atoms with Crippen molar-refractivity contribution in [3.05, 3.63) is 218 Å². The smallest absolute Gasteiger partial charge is 0.159 e. The summed E-state index contributed by atoms with van der Waals surface area (Å²) in [7, 11) is 0. The van der Waals surface area contributed by atoms with Gasteiger partial charge in [-0.2, -0.15) is 0 Å². The maximum Gasteiger partial charge on any atom is 0.159 e. The third-order valence-corrected chi connectivity index (χ3v) is 11.9. The minimum Gasteiger partial charge on any atom is -0.453 e. The topological polar surface area (TPSA) is 21.3 Å². The number of nitrogens with zero attached hydrogens (tertiary/aromatic N) is 2. The Morgan fingerprint density at radius 3 is 1.66 bits per heavy atom. The van der Waals surface area contributed by atoms with Crippen LogP contribution in [0.4, 0.5) is 17.1 Å². The minimum atomic E-state index is 0.848. The van der Waals surface area contributed by atoms with Gasteiger partial charge in [-0.25, -0.2) is 0 Å². The van der Waals surface area contributed by atoms with Crippen LogP contribution >= 0.6 is 0 Å².